The molecule has 2 aromatic heterocycles. The van der Waals surface area contributed by atoms with E-state index in [1.165, 1.54) is 28.8 Å². The lowest BCUT2D eigenvalue weighted by atomic mass is 9.97. The average Bonchev–Trinajstić information content (AvgIpc) is 3.31. The molecule has 0 aliphatic carbocycles. The molecule has 2 aromatic carbocycles. The molecule has 0 fully saturated rings. The van der Waals surface area contributed by atoms with E-state index in [1.807, 2.05) is 6.07 Å². The minimum absolute atomic E-state index is 0.173. The summed E-state index contributed by atoms with van der Waals surface area (Å²) >= 11 is 1.69. The molecular weight excluding hydrogens is 374 g/mol. The van der Waals surface area contributed by atoms with Gasteiger partial charge < -0.3 is 14.7 Å². The molecule has 0 unspecified atom stereocenters. The van der Waals surface area contributed by atoms with Gasteiger partial charge in [-0.1, -0.05) is 17.3 Å². The highest BCUT2D eigenvalue weighted by molar-refractivity contribution is 7.08. The van der Waals surface area contributed by atoms with E-state index >= 15 is 0 Å². The fourth-order valence-electron chi connectivity index (χ4n) is 3.17. The monoisotopic (exact) mass is 391 g/mol. The van der Waals surface area contributed by atoms with E-state index < -0.39 is 5.97 Å². The predicted molar refractivity (Wildman–Crippen MR) is 109 cm³/mol. The van der Waals surface area contributed by atoms with Gasteiger partial charge in [0.1, 0.15) is 17.0 Å². The number of phenols is 1. The average molecular weight is 391 g/mol. The number of hydrogen-bond acceptors (Lipinski definition) is 5. The van der Waals surface area contributed by atoms with Crippen LogP contribution in [0, 0.1) is 13.8 Å². The summed E-state index contributed by atoms with van der Waals surface area (Å²) in [5.41, 5.74) is 6.60. The maximum atomic E-state index is 11.2. The second-order valence-electron chi connectivity index (χ2n) is 6.61. The third-order valence-corrected chi connectivity index (χ3v) is 5.55. The van der Waals surface area contributed by atoms with Crippen LogP contribution >= 0.6 is 11.3 Å². The summed E-state index contributed by atoms with van der Waals surface area (Å²) in [6.07, 6.45) is 0. The first-order chi connectivity index (χ1) is 13.4. The molecule has 0 spiro atoms. The quantitative estimate of drug-likeness (QED) is 0.462. The summed E-state index contributed by atoms with van der Waals surface area (Å²) < 4.78 is 5.49. The zero-order chi connectivity index (χ0) is 19.8. The van der Waals surface area contributed by atoms with E-state index in [0.717, 1.165) is 11.1 Å². The molecule has 140 valence electrons. The first-order valence-electron chi connectivity index (χ1n) is 8.61. The highest BCUT2D eigenvalue weighted by atomic mass is 32.1. The number of aromatic carboxylic acids is 1. The van der Waals surface area contributed by atoms with Crippen LogP contribution in [0.2, 0.25) is 0 Å². The van der Waals surface area contributed by atoms with Crippen LogP contribution in [0.3, 0.4) is 0 Å². The zero-order valence-electron chi connectivity index (χ0n) is 15.3. The number of aryl methyl sites for hydroxylation is 2. The molecule has 4 aromatic rings. The fourth-order valence-corrected chi connectivity index (χ4v) is 4.02. The Morgan fingerprint density at radius 1 is 0.964 bits per heavy atom. The number of carbonyl (C=O) groups is 1. The third-order valence-electron chi connectivity index (χ3n) is 4.69. The number of carboxylic acid groups (broad SMARTS) is 1. The minimum Gasteiger partial charge on any atom is -0.507 e. The maximum absolute atomic E-state index is 11.2. The van der Waals surface area contributed by atoms with Gasteiger partial charge in [0.2, 0.25) is 0 Å². The normalized spacial score (nSPS) is 10.9. The lowest BCUT2D eigenvalue weighted by Gasteiger charge is -2.07. The van der Waals surface area contributed by atoms with Gasteiger partial charge in [0.05, 0.1) is 0 Å². The fraction of sp³-hybridized carbons (Fsp3) is 0.0909. The Hall–Kier alpha value is -3.38. The second-order valence-corrected chi connectivity index (χ2v) is 7.36. The van der Waals surface area contributed by atoms with Crippen molar-refractivity contribution in [2.45, 2.75) is 13.8 Å². The van der Waals surface area contributed by atoms with Crippen molar-refractivity contribution in [2.75, 3.05) is 0 Å². The number of rotatable bonds is 4. The molecule has 0 saturated heterocycles. The predicted octanol–water partition coefficient (Wildman–Crippen LogP) is 5.76. The van der Waals surface area contributed by atoms with Gasteiger partial charge in [0.15, 0.2) is 5.76 Å². The van der Waals surface area contributed by atoms with Crippen LogP contribution in [0.5, 0.6) is 5.75 Å². The molecule has 0 aliphatic rings. The van der Waals surface area contributed by atoms with Crippen LogP contribution in [-0.2, 0) is 0 Å². The largest absolute Gasteiger partial charge is 0.507 e. The zero-order valence-corrected chi connectivity index (χ0v) is 16.1. The molecule has 0 atom stereocenters. The van der Waals surface area contributed by atoms with E-state index in [1.54, 1.807) is 23.5 Å². The van der Waals surface area contributed by atoms with E-state index in [9.17, 15) is 15.0 Å². The Morgan fingerprint density at radius 3 is 2.43 bits per heavy atom. The number of benzene rings is 2. The van der Waals surface area contributed by atoms with E-state index in [0.29, 0.717) is 17.0 Å². The minimum atomic E-state index is -1.20. The van der Waals surface area contributed by atoms with Gasteiger partial charge in [-0.25, -0.2) is 4.79 Å². The summed E-state index contributed by atoms with van der Waals surface area (Å²) in [5, 5.41) is 27.2. The molecule has 28 heavy (non-hydrogen) atoms. The lowest BCUT2D eigenvalue weighted by Crippen LogP contribution is -1.96. The molecule has 2 heterocycles. The SMILES string of the molecule is Cc1cc(-c2cc(-c3ccc(O)c(C(=O)O)c3)no2)ccc1-c1cscc1C. The number of thiophene rings is 1. The van der Waals surface area contributed by atoms with Crippen molar-refractivity contribution >= 4 is 17.3 Å². The molecule has 0 saturated carbocycles. The van der Waals surface area contributed by atoms with Gasteiger partial charge in [-0.2, -0.15) is 11.3 Å². The maximum Gasteiger partial charge on any atom is 0.339 e. The number of aromatic hydroxyl groups is 1. The summed E-state index contributed by atoms with van der Waals surface area (Å²) in [6.45, 7) is 4.16. The molecule has 5 nitrogen and oxygen atoms in total. The van der Waals surface area contributed by atoms with Crippen molar-refractivity contribution in [1.29, 1.82) is 0 Å². The van der Waals surface area contributed by atoms with Crippen molar-refractivity contribution in [3.63, 3.8) is 0 Å². The first kappa shape index (κ1) is 18.0. The molecule has 0 aliphatic heterocycles. The van der Waals surface area contributed by atoms with Crippen LogP contribution in [-0.4, -0.2) is 21.3 Å². The van der Waals surface area contributed by atoms with Crippen LogP contribution in [0.4, 0.5) is 0 Å². The summed E-state index contributed by atoms with van der Waals surface area (Å²) in [4.78, 5) is 11.2. The summed E-state index contributed by atoms with van der Waals surface area (Å²) in [5.74, 6) is -0.885. The van der Waals surface area contributed by atoms with Gasteiger partial charge in [-0.05, 0) is 71.1 Å². The second kappa shape index (κ2) is 6.98. The van der Waals surface area contributed by atoms with Crippen LogP contribution in [0.1, 0.15) is 21.5 Å². The standard InChI is InChI=1S/C22H17NO4S/c1-12-7-15(3-5-16(12)18-11-28-10-13(18)2)21-9-19(23-27-21)14-4-6-20(24)17(8-14)22(25)26/h3-11,24H,1-2H3,(H,25,26). The van der Waals surface area contributed by atoms with Gasteiger partial charge in [-0.15, -0.1) is 0 Å². The third kappa shape index (κ3) is 3.18. The highest BCUT2D eigenvalue weighted by Crippen LogP contribution is 2.34. The van der Waals surface area contributed by atoms with Gasteiger partial charge in [-0.3, -0.25) is 0 Å². The van der Waals surface area contributed by atoms with Crippen molar-refractivity contribution < 1.29 is 19.5 Å². The molecule has 6 heteroatoms. The van der Waals surface area contributed by atoms with Crippen molar-refractivity contribution in [3.05, 3.63) is 69.9 Å². The van der Waals surface area contributed by atoms with E-state index in [2.05, 4.69) is 41.9 Å². The van der Waals surface area contributed by atoms with E-state index in [4.69, 9.17) is 4.52 Å². The van der Waals surface area contributed by atoms with Crippen LogP contribution in [0.15, 0.2) is 57.7 Å². The van der Waals surface area contributed by atoms with Crippen molar-refractivity contribution in [1.82, 2.24) is 5.16 Å². The molecule has 0 bridgehead atoms. The smallest absolute Gasteiger partial charge is 0.339 e. The van der Waals surface area contributed by atoms with E-state index in [-0.39, 0.29) is 11.3 Å². The lowest BCUT2D eigenvalue weighted by molar-refractivity contribution is 0.0694. The topological polar surface area (TPSA) is 83.6 Å². The summed E-state index contributed by atoms with van der Waals surface area (Å²) in [6, 6.07) is 12.2. The molecule has 4 rings (SSSR count). The first-order valence-corrected chi connectivity index (χ1v) is 9.56. The van der Waals surface area contributed by atoms with Gasteiger partial charge >= 0.3 is 5.97 Å². The van der Waals surface area contributed by atoms with Crippen molar-refractivity contribution in [2.24, 2.45) is 0 Å². The Bertz CT molecular complexity index is 1190. The Morgan fingerprint density at radius 2 is 1.75 bits per heavy atom. The number of nitrogens with zero attached hydrogens (tertiary/aromatic N) is 1. The Labute approximate surface area is 165 Å². The number of carboxylic acids is 1. The Kier molecular flexibility index (Phi) is 4.49. The Balaban J connectivity index is 1.69. The molecule has 2 N–H and O–H groups in total. The van der Waals surface area contributed by atoms with Gasteiger partial charge in [0.25, 0.3) is 0 Å². The molecule has 0 radical (unpaired) electrons. The summed E-state index contributed by atoms with van der Waals surface area (Å²) in [7, 11) is 0. The van der Waals surface area contributed by atoms with Crippen LogP contribution in [0.25, 0.3) is 33.7 Å². The van der Waals surface area contributed by atoms with Crippen LogP contribution < -0.4 is 0 Å². The number of aromatic nitrogens is 1. The molecule has 0 amide bonds. The number of hydrogen-bond donors (Lipinski definition) is 2. The highest BCUT2D eigenvalue weighted by Gasteiger charge is 2.15. The van der Waals surface area contributed by atoms with Crippen molar-refractivity contribution in [3.8, 4) is 39.5 Å². The van der Waals surface area contributed by atoms with Gasteiger partial charge in [0, 0.05) is 17.2 Å². The molecular formula is C22H17NO4S.